The molecular formula is C33H21N. The van der Waals surface area contributed by atoms with Crippen molar-refractivity contribution < 1.29 is 0 Å². The van der Waals surface area contributed by atoms with Crippen LogP contribution in [0, 0.1) is 0 Å². The Kier molecular flexibility index (Phi) is 4.22. The maximum absolute atomic E-state index is 4.57. The average Bonchev–Trinajstić information content (AvgIpc) is 3.24. The van der Waals surface area contributed by atoms with Crippen molar-refractivity contribution >= 4 is 10.8 Å². The lowest BCUT2D eigenvalue weighted by Crippen LogP contribution is -1.88. The van der Waals surface area contributed by atoms with E-state index >= 15 is 0 Å². The van der Waals surface area contributed by atoms with Crippen LogP contribution in [0.2, 0.25) is 0 Å². The number of fused-ring (bicyclic) bond motifs is 3. The van der Waals surface area contributed by atoms with Gasteiger partial charge in [0.15, 0.2) is 0 Å². The highest BCUT2D eigenvalue weighted by Crippen LogP contribution is 2.48. The van der Waals surface area contributed by atoms with Crippen LogP contribution >= 0.6 is 0 Å². The molecule has 0 saturated carbocycles. The summed E-state index contributed by atoms with van der Waals surface area (Å²) in [5.74, 6) is 0. The molecule has 0 N–H and O–H groups in total. The van der Waals surface area contributed by atoms with Gasteiger partial charge in [0.1, 0.15) is 0 Å². The molecule has 1 aliphatic rings. The molecule has 0 amide bonds. The molecule has 0 bridgehead atoms. The molecule has 1 aromatic heterocycles. The Hall–Kier alpha value is -4.49. The van der Waals surface area contributed by atoms with Gasteiger partial charge in [0.2, 0.25) is 0 Å². The summed E-state index contributed by atoms with van der Waals surface area (Å²) in [4.78, 5) is 4.57. The summed E-state index contributed by atoms with van der Waals surface area (Å²) in [6, 6.07) is 43.5. The molecule has 1 heteroatoms. The first-order valence-corrected chi connectivity index (χ1v) is 11.6. The second-order valence-corrected chi connectivity index (χ2v) is 8.81. The molecule has 6 aromatic rings. The van der Waals surface area contributed by atoms with E-state index in [1.807, 2.05) is 18.3 Å². The minimum Gasteiger partial charge on any atom is -0.256 e. The number of hydrogen-bond donors (Lipinski definition) is 0. The highest BCUT2D eigenvalue weighted by Gasteiger charge is 2.21. The van der Waals surface area contributed by atoms with E-state index in [4.69, 9.17) is 0 Å². The molecule has 0 radical (unpaired) electrons. The van der Waals surface area contributed by atoms with E-state index < -0.39 is 0 Å². The Labute approximate surface area is 199 Å². The summed E-state index contributed by atoms with van der Waals surface area (Å²) in [6.07, 6.45) is 1.85. The first-order chi connectivity index (χ1) is 16.9. The normalized spacial score (nSPS) is 11.5. The van der Waals surface area contributed by atoms with Gasteiger partial charge >= 0.3 is 0 Å². The largest absolute Gasteiger partial charge is 0.256 e. The number of pyridine rings is 1. The SMILES string of the molecule is c1ccc(-c2ccccc2-c2ccc(-c3cc4c5c(cccc5c3)-c3ccccc3-4)cc2)nc1. The van der Waals surface area contributed by atoms with Gasteiger partial charge in [-0.3, -0.25) is 4.98 Å². The van der Waals surface area contributed by atoms with Crippen LogP contribution in [0.25, 0.3) is 66.5 Å². The van der Waals surface area contributed by atoms with Crippen LogP contribution in [0.3, 0.4) is 0 Å². The van der Waals surface area contributed by atoms with Crippen LogP contribution in [0.4, 0.5) is 0 Å². The summed E-state index contributed by atoms with van der Waals surface area (Å²) in [5, 5.41) is 2.67. The summed E-state index contributed by atoms with van der Waals surface area (Å²) < 4.78 is 0. The van der Waals surface area contributed by atoms with Crippen molar-refractivity contribution in [2.75, 3.05) is 0 Å². The molecule has 1 aliphatic carbocycles. The topological polar surface area (TPSA) is 12.9 Å². The monoisotopic (exact) mass is 431 g/mol. The number of rotatable bonds is 3. The third kappa shape index (κ3) is 2.91. The minimum absolute atomic E-state index is 0.995. The molecular weight excluding hydrogens is 410 g/mol. The maximum Gasteiger partial charge on any atom is 0.0708 e. The van der Waals surface area contributed by atoms with Crippen molar-refractivity contribution in [3.63, 3.8) is 0 Å². The van der Waals surface area contributed by atoms with Gasteiger partial charge in [-0.2, -0.15) is 0 Å². The van der Waals surface area contributed by atoms with Crippen LogP contribution < -0.4 is 0 Å². The van der Waals surface area contributed by atoms with Crippen molar-refractivity contribution in [1.29, 1.82) is 0 Å². The molecule has 0 aliphatic heterocycles. The summed E-state index contributed by atoms with van der Waals surface area (Å²) in [5.41, 5.74) is 12.4. The van der Waals surface area contributed by atoms with Gasteiger partial charge in [0.25, 0.3) is 0 Å². The standard InChI is InChI=1S/C33H21N/c1-4-12-29(32-14-5-6-19-34-32)26(9-1)23-17-15-22(16-18-23)25-20-24-8-7-13-30-27-10-2-3-11-28(27)31(21-25)33(24)30/h1-21H. The molecule has 34 heavy (non-hydrogen) atoms. The van der Waals surface area contributed by atoms with Crippen LogP contribution in [0.5, 0.6) is 0 Å². The quantitative estimate of drug-likeness (QED) is 0.272. The first-order valence-electron chi connectivity index (χ1n) is 11.6. The van der Waals surface area contributed by atoms with Crippen LogP contribution in [-0.2, 0) is 0 Å². The highest BCUT2D eigenvalue weighted by molar-refractivity contribution is 6.16. The predicted octanol–water partition coefficient (Wildman–Crippen LogP) is 8.88. The van der Waals surface area contributed by atoms with Crippen molar-refractivity contribution in [2.24, 2.45) is 0 Å². The van der Waals surface area contributed by atoms with Crippen LogP contribution in [0.1, 0.15) is 0 Å². The molecule has 0 unspecified atom stereocenters. The Balaban J connectivity index is 1.33. The maximum atomic E-state index is 4.57. The van der Waals surface area contributed by atoms with Crippen molar-refractivity contribution in [1.82, 2.24) is 4.98 Å². The van der Waals surface area contributed by atoms with Crippen LogP contribution in [0.15, 0.2) is 128 Å². The van der Waals surface area contributed by atoms with E-state index in [1.165, 1.54) is 55.3 Å². The van der Waals surface area contributed by atoms with Gasteiger partial charge in [-0.15, -0.1) is 0 Å². The number of aromatic nitrogens is 1. The predicted molar refractivity (Wildman–Crippen MR) is 142 cm³/mol. The Morgan fingerprint density at radius 2 is 1.03 bits per heavy atom. The molecule has 158 valence electrons. The summed E-state index contributed by atoms with van der Waals surface area (Å²) in [7, 11) is 0. The average molecular weight is 432 g/mol. The van der Waals surface area contributed by atoms with E-state index in [0.717, 1.165) is 11.3 Å². The number of benzene rings is 5. The van der Waals surface area contributed by atoms with E-state index in [-0.39, 0.29) is 0 Å². The lowest BCUT2D eigenvalue weighted by atomic mass is 9.93. The lowest BCUT2D eigenvalue weighted by Gasteiger charge is -2.11. The Morgan fingerprint density at radius 1 is 0.382 bits per heavy atom. The first kappa shape index (κ1) is 19.0. The lowest BCUT2D eigenvalue weighted by molar-refractivity contribution is 1.33. The second-order valence-electron chi connectivity index (χ2n) is 8.81. The second kappa shape index (κ2) is 7.54. The summed E-state index contributed by atoms with van der Waals surface area (Å²) >= 11 is 0. The molecule has 7 rings (SSSR count). The summed E-state index contributed by atoms with van der Waals surface area (Å²) in [6.45, 7) is 0. The van der Waals surface area contributed by atoms with Gasteiger partial charge in [-0.05, 0) is 79.5 Å². The molecule has 1 heterocycles. The zero-order valence-corrected chi connectivity index (χ0v) is 18.6. The van der Waals surface area contributed by atoms with Crippen molar-refractivity contribution in [3.8, 4) is 55.8 Å². The zero-order chi connectivity index (χ0) is 22.5. The third-order valence-corrected chi connectivity index (χ3v) is 6.88. The highest BCUT2D eigenvalue weighted by atomic mass is 14.7. The number of hydrogen-bond acceptors (Lipinski definition) is 1. The molecule has 5 aromatic carbocycles. The molecule has 0 fully saturated rings. The fourth-order valence-corrected chi connectivity index (χ4v) is 5.31. The van der Waals surface area contributed by atoms with Gasteiger partial charge in [0.05, 0.1) is 5.69 Å². The molecule has 1 nitrogen and oxygen atoms in total. The van der Waals surface area contributed by atoms with E-state index in [1.54, 1.807) is 0 Å². The molecule has 0 saturated heterocycles. The Bertz CT molecular complexity index is 1680. The van der Waals surface area contributed by atoms with Gasteiger partial charge in [-0.25, -0.2) is 0 Å². The third-order valence-electron chi connectivity index (χ3n) is 6.88. The zero-order valence-electron chi connectivity index (χ0n) is 18.6. The van der Waals surface area contributed by atoms with E-state index in [2.05, 4.69) is 114 Å². The van der Waals surface area contributed by atoms with Crippen LogP contribution in [-0.4, -0.2) is 4.98 Å². The smallest absolute Gasteiger partial charge is 0.0708 e. The van der Waals surface area contributed by atoms with Gasteiger partial charge in [-0.1, -0.05) is 97.1 Å². The van der Waals surface area contributed by atoms with E-state index in [9.17, 15) is 0 Å². The fraction of sp³-hybridized carbons (Fsp3) is 0. The van der Waals surface area contributed by atoms with Crippen molar-refractivity contribution in [2.45, 2.75) is 0 Å². The molecule has 0 atom stereocenters. The van der Waals surface area contributed by atoms with Gasteiger partial charge < -0.3 is 0 Å². The van der Waals surface area contributed by atoms with Gasteiger partial charge in [0, 0.05) is 11.8 Å². The fourth-order valence-electron chi connectivity index (χ4n) is 5.31. The number of nitrogens with zero attached hydrogens (tertiary/aromatic N) is 1. The minimum atomic E-state index is 0.995. The van der Waals surface area contributed by atoms with Crippen molar-refractivity contribution in [3.05, 3.63) is 128 Å². The van der Waals surface area contributed by atoms with E-state index in [0.29, 0.717) is 0 Å². The Morgan fingerprint density at radius 3 is 1.79 bits per heavy atom. The molecule has 0 spiro atoms.